The Kier molecular flexibility index (Phi) is 6.78. The minimum Gasteiger partial charge on any atom is -0.455 e. The molecule has 1 aromatic heterocycles. The topological polar surface area (TPSA) is 47.9 Å². The minimum atomic E-state index is 0.600. The lowest BCUT2D eigenvalue weighted by atomic mass is 9.92. The Morgan fingerprint density at radius 1 is 0.442 bits per heavy atom. The van der Waals surface area contributed by atoms with Crippen LogP contribution >= 0.6 is 0 Å². The summed E-state index contributed by atoms with van der Waals surface area (Å²) >= 11 is 0. The predicted octanol–water partition coefficient (Wildman–Crippen LogP) is 9.93. The van der Waals surface area contributed by atoms with Crippen LogP contribution in [-0.2, 0) is 0 Å². The lowest BCUT2D eigenvalue weighted by Crippen LogP contribution is -2.00. The number of hydrogen-bond acceptors (Lipinski definition) is 4. The van der Waals surface area contributed by atoms with Crippen molar-refractivity contribution >= 4 is 11.1 Å². The predicted molar refractivity (Wildman–Crippen MR) is 175 cm³/mol. The van der Waals surface area contributed by atoms with Gasteiger partial charge in [0.15, 0.2) is 17.5 Å². The Hall–Kier alpha value is -5.87. The molecular weight excluding hydrogens is 526 g/mol. The van der Waals surface area contributed by atoms with Crippen LogP contribution in [0.4, 0.5) is 0 Å². The van der Waals surface area contributed by atoms with Gasteiger partial charge < -0.3 is 4.74 Å². The molecule has 0 spiro atoms. The summed E-state index contributed by atoms with van der Waals surface area (Å²) in [5.74, 6) is 3.40. The largest absolute Gasteiger partial charge is 0.455 e. The standard InChI is InChI=1S/C39H27N3O/c1-3-30-31(4-2)34-23-14-22-32(36(34)43-35-24-12-11-21-33(30)35)28-19-13-20-29(25-28)39-41-37(26-15-7-5-8-16-26)40-38(42-39)27-17-9-6-10-18-27/h3-25H,1-2H2. The molecule has 0 radical (unpaired) electrons. The van der Waals surface area contributed by atoms with Crippen molar-refractivity contribution in [2.45, 2.75) is 0 Å². The van der Waals surface area contributed by atoms with Gasteiger partial charge in [-0.05, 0) is 28.8 Å². The van der Waals surface area contributed by atoms with E-state index in [-0.39, 0.29) is 0 Å². The number of aromatic nitrogens is 3. The number of para-hydroxylation sites is 2. The molecule has 1 aliphatic rings. The van der Waals surface area contributed by atoms with Crippen LogP contribution in [0.2, 0.25) is 0 Å². The minimum absolute atomic E-state index is 0.600. The Balaban J connectivity index is 1.40. The second kappa shape index (κ2) is 11.2. The van der Waals surface area contributed by atoms with Gasteiger partial charge in [0, 0.05) is 33.4 Å². The van der Waals surface area contributed by atoms with Gasteiger partial charge in [0.1, 0.15) is 11.5 Å². The molecule has 6 aromatic rings. The van der Waals surface area contributed by atoms with E-state index in [1.807, 2.05) is 109 Å². The molecule has 0 amide bonds. The summed E-state index contributed by atoms with van der Waals surface area (Å²) < 4.78 is 6.67. The maximum atomic E-state index is 6.67. The van der Waals surface area contributed by atoms with Crippen molar-refractivity contribution in [3.05, 3.63) is 164 Å². The van der Waals surface area contributed by atoms with E-state index < -0.39 is 0 Å². The molecule has 0 saturated heterocycles. The highest BCUT2D eigenvalue weighted by Gasteiger charge is 2.23. The van der Waals surface area contributed by atoms with E-state index in [4.69, 9.17) is 19.7 Å². The average Bonchev–Trinajstić information content (AvgIpc) is 3.22. The number of nitrogens with zero attached hydrogens (tertiary/aromatic N) is 3. The third-order valence-corrected chi connectivity index (χ3v) is 7.52. The molecule has 0 unspecified atom stereocenters. The van der Waals surface area contributed by atoms with Gasteiger partial charge in [0.2, 0.25) is 0 Å². The van der Waals surface area contributed by atoms with Crippen LogP contribution in [0, 0.1) is 0 Å². The fourth-order valence-corrected chi connectivity index (χ4v) is 5.47. The Bertz CT molecular complexity index is 1970. The van der Waals surface area contributed by atoms with Gasteiger partial charge in [-0.3, -0.25) is 0 Å². The Labute approximate surface area is 251 Å². The van der Waals surface area contributed by atoms with E-state index in [2.05, 4.69) is 43.5 Å². The number of rotatable bonds is 6. The van der Waals surface area contributed by atoms with Gasteiger partial charge in [0.05, 0.1) is 0 Å². The average molecular weight is 554 g/mol. The maximum Gasteiger partial charge on any atom is 0.164 e. The van der Waals surface area contributed by atoms with Crippen molar-refractivity contribution in [3.8, 4) is 56.8 Å². The molecule has 204 valence electrons. The van der Waals surface area contributed by atoms with Crippen LogP contribution in [0.5, 0.6) is 11.5 Å². The van der Waals surface area contributed by atoms with Crippen molar-refractivity contribution in [1.82, 2.24) is 15.0 Å². The van der Waals surface area contributed by atoms with Crippen LogP contribution in [0.3, 0.4) is 0 Å². The lowest BCUT2D eigenvalue weighted by molar-refractivity contribution is 0.483. The van der Waals surface area contributed by atoms with Gasteiger partial charge in [-0.1, -0.05) is 141 Å². The molecule has 0 fully saturated rings. The van der Waals surface area contributed by atoms with E-state index in [9.17, 15) is 0 Å². The third kappa shape index (κ3) is 4.85. The summed E-state index contributed by atoms with van der Waals surface area (Å²) in [5, 5.41) is 0. The number of allylic oxidation sites excluding steroid dienone is 4. The molecule has 0 bridgehead atoms. The zero-order valence-corrected chi connectivity index (χ0v) is 23.4. The van der Waals surface area contributed by atoms with Crippen LogP contribution < -0.4 is 4.74 Å². The quantitative estimate of drug-likeness (QED) is 0.206. The first-order chi connectivity index (χ1) is 21.2. The van der Waals surface area contributed by atoms with E-state index in [1.165, 1.54) is 0 Å². The SMILES string of the molecule is C=CC1=C(C=C)c2cccc(-c3cccc(-c4nc(-c5ccccc5)nc(-c5ccccc5)n4)c3)c2Oc2ccccc21. The van der Waals surface area contributed by atoms with Crippen molar-refractivity contribution < 1.29 is 4.74 Å². The van der Waals surface area contributed by atoms with Gasteiger partial charge in [-0.2, -0.15) is 0 Å². The number of ether oxygens (including phenoxy) is 1. The second-order valence-corrected chi connectivity index (χ2v) is 10.1. The normalized spacial score (nSPS) is 12.0. The maximum absolute atomic E-state index is 6.67. The van der Waals surface area contributed by atoms with Crippen molar-refractivity contribution in [2.75, 3.05) is 0 Å². The number of benzene rings is 5. The molecule has 43 heavy (non-hydrogen) atoms. The van der Waals surface area contributed by atoms with E-state index >= 15 is 0 Å². The highest BCUT2D eigenvalue weighted by Crippen LogP contribution is 2.47. The van der Waals surface area contributed by atoms with Gasteiger partial charge in [-0.15, -0.1) is 0 Å². The molecule has 1 aliphatic heterocycles. The zero-order chi connectivity index (χ0) is 29.2. The molecule has 0 saturated carbocycles. The lowest BCUT2D eigenvalue weighted by Gasteiger charge is -2.16. The first kappa shape index (κ1) is 26.1. The number of hydrogen-bond donors (Lipinski definition) is 0. The van der Waals surface area contributed by atoms with Crippen molar-refractivity contribution in [1.29, 1.82) is 0 Å². The zero-order valence-electron chi connectivity index (χ0n) is 23.4. The fourth-order valence-electron chi connectivity index (χ4n) is 5.47. The van der Waals surface area contributed by atoms with Crippen LogP contribution in [-0.4, -0.2) is 15.0 Å². The van der Waals surface area contributed by atoms with Crippen LogP contribution in [0.25, 0.3) is 56.4 Å². The molecule has 0 N–H and O–H groups in total. The molecule has 4 nitrogen and oxygen atoms in total. The van der Waals surface area contributed by atoms with Crippen molar-refractivity contribution in [2.24, 2.45) is 0 Å². The molecule has 4 heteroatoms. The molecule has 0 atom stereocenters. The summed E-state index contributed by atoms with van der Waals surface area (Å²) in [6.07, 6.45) is 3.75. The highest BCUT2D eigenvalue weighted by atomic mass is 16.5. The smallest absolute Gasteiger partial charge is 0.164 e. The summed E-state index contributed by atoms with van der Waals surface area (Å²) in [4.78, 5) is 14.7. The van der Waals surface area contributed by atoms with E-state index in [1.54, 1.807) is 0 Å². The highest BCUT2D eigenvalue weighted by molar-refractivity contribution is 6.04. The van der Waals surface area contributed by atoms with E-state index in [0.717, 1.165) is 61.6 Å². The first-order valence-electron chi connectivity index (χ1n) is 14.1. The summed E-state index contributed by atoms with van der Waals surface area (Å²) in [6.45, 7) is 8.23. The van der Waals surface area contributed by atoms with Gasteiger partial charge >= 0.3 is 0 Å². The third-order valence-electron chi connectivity index (χ3n) is 7.52. The summed E-state index contributed by atoms with van der Waals surface area (Å²) in [7, 11) is 0. The van der Waals surface area contributed by atoms with Crippen LogP contribution in [0.1, 0.15) is 11.1 Å². The molecule has 2 heterocycles. The monoisotopic (exact) mass is 553 g/mol. The first-order valence-corrected chi connectivity index (χ1v) is 14.1. The van der Waals surface area contributed by atoms with E-state index in [0.29, 0.717) is 17.5 Å². The fraction of sp³-hybridized carbons (Fsp3) is 0. The summed E-state index contributed by atoms with van der Waals surface area (Å²) in [6, 6.07) is 42.5. The Morgan fingerprint density at radius 3 is 1.56 bits per heavy atom. The van der Waals surface area contributed by atoms with Crippen LogP contribution in [0.15, 0.2) is 153 Å². The molecule has 7 rings (SSSR count). The molecule has 5 aromatic carbocycles. The summed E-state index contributed by atoms with van der Waals surface area (Å²) in [5.41, 5.74) is 8.60. The molecule has 0 aliphatic carbocycles. The number of fused-ring (bicyclic) bond motifs is 2. The Morgan fingerprint density at radius 2 is 0.907 bits per heavy atom. The molecular formula is C39H27N3O. The van der Waals surface area contributed by atoms with Gasteiger partial charge in [0.25, 0.3) is 0 Å². The van der Waals surface area contributed by atoms with Crippen molar-refractivity contribution in [3.63, 3.8) is 0 Å². The second-order valence-electron chi connectivity index (χ2n) is 10.1. The van der Waals surface area contributed by atoms with Gasteiger partial charge in [-0.25, -0.2) is 15.0 Å².